The monoisotopic (exact) mass is 312 g/mol. The van der Waals surface area contributed by atoms with Crippen molar-refractivity contribution in [2.45, 2.75) is 0 Å². The second-order valence-corrected chi connectivity index (χ2v) is 5.17. The lowest BCUT2D eigenvalue weighted by Gasteiger charge is -2.04. The number of hydrogen-bond donors (Lipinski definition) is 1. The lowest BCUT2D eigenvalue weighted by Crippen LogP contribution is -2.12. The van der Waals surface area contributed by atoms with Gasteiger partial charge in [0.25, 0.3) is 5.91 Å². The minimum absolute atomic E-state index is 0.267. The van der Waals surface area contributed by atoms with Crippen molar-refractivity contribution in [2.24, 2.45) is 0 Å². The van der Waals surface area contributed by atoms with E-state index in [2.05, 4.69) is 20.3 Å². The van der Waals surface area contributed by atoms with Crippen LogP contribution in [-0.2, 0) is 0 Å². The van der Waals surface area contributed by atoms with Crippen LogP contribution >= 0.6 is 11.3 Å². The fourth-order valence-electron chi connectivity index (χ4n) is 1.77. The zero-order valence-corrected chi connectivity index (χ0v) is 12.5. The summed E-state index contributed by atoms with van der Waals surface area (Å²) in [6.45, 7) is 0. The SMILES string of the molecule is COc1ccc(NC(=O)c2csc(-c3cnccn3)n2)cc1. The first-order chi connectivity index (χ1) is 10.8. The summed E-state index contributed by atoms with van der Waals surface area (Å²) in [5.41, 5.74) is 1.68. The van der Waals surface area contributed by atoms with E-state index >= 15 is 0 Å². The van der Waals surface area contributed by atoms with Gasteiger partial charge in [0.05, 0.1) is 13.3 Å². The van der Waals surface area contributed by atoms with E-state index in [0.717, 1.165) is 5.75 Å². The average Bonchev–Trinajstić information content (AvgIpc) is 3.06. The number of amides is 1. The molecule has 1 N–H and O–H groups in total. The number of nitrogens with one attached hydrogen (secondary N) is 1. The van der Waals surface area contributed by atoms with Crippen molar-refractivity contribution >= 4 is 22.9 Å². The van der Waals surface area contributed by atoms with Crippen molar-refractivity contribution in [2.75, 3.05) is 12.4 Å². The van der Waals surface area contributed by atoms with Gasteiger partial charge in [-0.15, -0.1) is 11.3 Å². The minimum atomic E-state index is -0.267. The third-order valence-electron chi connectivity index (χ3n) is 2.87. The summed E-state index contributed by atoms with van der Waals surface area (Å²) < 4.78 is 5.07. The maximum atomic E-state index is 12.2. The zero-order chi connectivity index (χ0) is 15.4. The summed E-state index contributed by atoms with van der Waals surface area (Å²) in [6, 6.07) is 7.10. The summed E-state index contributed by atoms with van der Waals surface area (Å²) in [6.07, 6.45) is 4.80. The first-order valence-electron chi connectivity index (χ1n) is 6.43. The van der Waals surface area contributed by atoms with Gasteiger partial charge in [0.1, 0.15) is 22.1 Å². The number of anilines is 1. The molecular weight excluding hydrogens is 300 g/mol. The molecule has 6 nitrogen and oxygen atoms in total. The molecule has 0 bridgehead atoms. The first-order valence-corrected chi connectivity index (χ1v) is 7.31. The zero-order valence-electron chi connectivity index (χ0n) is 11.7. The van der Waals surface area contributed by atoms with E-state index in [4.69, 9.17) is 4.74 Å². The Balaban J connectivity index is 1.74. The van der Waals surface area contributed by atoms with Crippen LogP contribution < -0.4 is 10.1 Å². The third kappa shape index (κ3) is 3.09. The molecule has 7 heteroatoms. The highest BCUT2D eigenvalue weighted by Crippen LogP contribution is 2.22. The van der Waals surface area contributed by atoms with Crippen molar-refractivity contribution in [3.8, 4) is 16.5 Å². The molecule has 0 saturated carbocycles. The van der Waals surface area contributed by atoms with E-state index in [1.54, 1.807) is 55.3 Å². The quantitative estimate of drug-likeness (QED) is 0.801. The van der Waals surface area contributed by atoms with Gasteiger partial charge in [-0.25, -0.2) is 4.98 Å². The fraction of sp³-hybridized carbons (Fsp3) is 0.0667. The standard InChI is InChI=1S/C15H12N4O2S/c1-21-11-4-2-10(3-5-11)18-14(20)13-9-22-15(19-13)12-8-16-6-7-17-12/h2-9H,1H3,(H,18,20). The Morgan fingerprint density at radius 1 is 1.23 bits per heavy atom. The van der Waals surface area contributed by atoms with Gasteiger partial charge in [-0.2, -0.15) is 0 Å². The number of thiazole rings is 1. The summed E-state index contributed by atoms with van der Waals surface area (Å²) in [7, 11) is 1.59. The van der Waals surface area contributed by atoms with Gasteiger partial charge < -0.3 is 10.1 Å². The van der Waals surface area contributed by atoms with Crippen LogP contribution in [0.2, 0.25) is 0 Å². The van der Waals surface area contributed by atoms with Gasteiger partial charge in [0.15, 0.2) is 0 Å². The summed E-state index contributed by atoms with van der Waals surface area (Å²) in [5.74, 6) is 0.466. The maximum Gasteiger partial charge on any atom is 0.275 e. The lowest BCUT2D eigenvalue weighted by molar-refractivity contribution is 0.102. The predicted octanol–water partition coefficient (Wildman–Crippen LogP) is 2.86. The molecule has 0 saturated heterocycles. The Morgan fingerprint density at radius 3 is 2.73 bits per heavy atom. The molecule has 0 spiro atoms. The molecule has 1 amide bonds. The molecule has 2 heterocycles. The van der Waals surface area contributed by atoms with Crippen LogP contribution in [0.4, 0.5) is 5.69 Å². The summed E-state index contributed by atoms with van der Waals surface area (Å²) >= 11 is 1.35. The molecule has 0 aliphatic heterocycles. The van der Waals surface area contributed by atoms with Gasteiger partial charge in [-0.3, -0.25) is 14.8 Å². The molecule has 0 fully saturated rings. The molecule has 0 aliphatic rings. The van der Waals surface area contributed by atoms with E-state index in [-0.39, 0.29) is 5.91 Å². The van der Waals surface area contributed by atoms with Crippen LogP contribution in [0.25, 0.3) is 10.7 Å². The number of ether oxygens (including phenoxy) is 1. The Kier molecular flexibility index (Phi) is 4.06. The molecule has 22 heavy (non-hydrogen) atoms. The molecule has 2 aromatic heterocycles. The highest BCUT2D eigenvalue weighted by atomic mass is 32.1. The maximum absolute atomic E-state index is 12.2. The molecule has 1 aromatic carbocycles. The van der Waals surface area contributed by atoms with Crippen LogP contribution in [0, 0.1) is 0 Å². The molecular formula is C15H12N4O2S. The fourth-order valence-corrected chi connectivity index (χ4v) is 2.53. The number of rotatable bonds is 4. The van der Waals surface area contributed by atoms with Crippen LogP contribution in [0.5, 0.6) is 5.75 Å². The van der Waals surface area contributed by atoms with Gasteiger partial charge in [-0.1, -0.05) is 0 Å². The van der Waals surface area contributed by atoms with Crippen molar-refractivity contribution in [1.29, 1.82) is 0 Å². The normalized spacial score (nSPS) is 10.2. The van der Waals surface area contributed by atoms with Crippen LogP contribution in [0.3, 0.4) is 0 Å². The van der Waals surface area contributed by atoms with Crippen molar-refractivity contribution < 1.29 is 9.53 Å². The third-order valence-corrected chi connectivity index (χ3v) is 3.73. The van der Waals surface area contributed by atoms with E-state index in [0.29, 0.717) is 22.1 Å². The Morgan fingerprint density at radius 2 is 2.05 bits per heavy atom. The van der Waals surface area contributed by atoms with Crippen molar-refractivity contribution in [1.82, 2.24) is 15.0 Å². The summed E-state index contributed by atoms with van der Waals surface area (Å²) in [4.78, 5) is 24.6. The first kappa shape index (κ1) is 14.2. The molecule has 0 atom stereocenters. The topological polar surface area (TPSA) is 77.0 Å². The van der Waals surface area contributed by atoms with Crippen LogP contribution in [-0.4, -0.2) is 28.0 Å². The number of methoxy groups -OCH3 is 1. The number of carbonyl (C=O) groups is 1. The molecule has 3 rings (SSSR count). The van der Waals surface area contributed by atoms with E-state index in [1.807, 2.05) is 0 Å². The Labute approximate surface area is 130 Å². The lowest BCUT2D eigenvalue weighted by atomic mass is 10.3. The molecule has 110 valence electrons. The van der Waals surface area contributed by atoms with Crippen molar-refractivity contribution in [3.63, 3.8) is 0 Å². The average molecular weight is 312 g/mol. The van der Waals surface area contributed by atoms with E-state index < -0.39 is 0 Å². The van der Waals surface area contributed by atoms with Gasteiger partial charge >= 0.3 is 0 Å². The largest absolute Gasteiger partial charge is 0.497 e. The molecule has 0 aliphatic carbocycles. The number of hydrogen-bond acceptors (Lipinski definition) is 6. The van der Waals surface area contributed by atoms with Gasteiger partial charge in [0.2, 0.25) is 0 Å². The number of aromatic nitrogens is 3. The predicted molar refractivity (Wildman–Crippen MR) is 84.1 cm³/mol. The molecule has 0 radical (unpaired) electrons. The number of carbonyl (C=O) groups excluding carboxylic acids is 1. The minimum Gasteiger partial charge on any atom is -0.497 e. The van der Waals surface area contributed by atoms with Crippen LogP contribution in [0.1, 0.15) is 10.5 Å². The second kappa shape index (κ2) is 6.31. The number of nitrogens with zero attached hydrogens (tertiary/aromatic N) is 3. The van der Waals surface area contributed by atoms with Crippen LogP contribution in [0.15, 0.2) is 48.2 Å². The van der Waals surface area contributed by atoms with E-state index in [9.17, 15) is 4.79 Å². The molecule has 3 aromatic rings. The smallest absolute Gasteiger partial charge is 0.275 e. The highest BCUT2D eigenvalue weighted by Gasteiger charge is 2.12. The molecule has 0 unspecified atom stereocenters. The van der Waals surface area contributed by atoms with Gasteiger partial charge in [-0.05, 0) is 24.3 Å². The Hall–Kier alpha value is -2.80. The Bertz CT molecular complexity index is 772. The van der Waals surface area contributed by atoms with E-state index in [1.165, 1.54) is 11.3 Å². The summed E-state index contributed by atoms with van der Waals surface area (Å²) in [5, 5.41) is 5.15. The highest BCUT2D eigenvalue weighted by molar-refractivity contribution is 7.13. The van der Waals surface area contributed by atoms with Gasteiger partial charge in [0, 0.05) is 23.5 Å². The van der Waals surface area contributed by atoms with Crippen molar-refractivity contribution in [3.05, 3.63) is 53.9 Å². The number of benzene rings is 1. The second-order valence-electron chi connectivity index (χ2n) is 4.31.